The molecule has 0 radical (unpaired) electrons. The van der Waals surface area contributed by atoms with E-state index in [1.54, 1.807) is 0 Å². The minimum absolute atomic E-state index is 0.901. The fourth-order valence-electron chi connectivity index (χ4n) is 0.976. The smallest absolute Gasteiger partial charge is 0.0357 e. The summed E-state index contributed by atoms with van der Waals surface area (Å²) in [5.41, 5.74) is 1.22. The van der Waals surface area contributed by atoms with Gasteiger partial charge in [0.05, 0.1) is 0 Å². The van der Waals surface area contributed by atoms with Crippen molar-refractivity contribution in [2.45, 2.75) is 19.9 Å². The molecule has 0 aliphatic rings. The molecular formula is C10H14N2. The molecule has 0 atom stereocenters. The molecule has 1 aromatic heterocycles. The van der Waals surface area contributed by atoms with Crippen molar-refractivity contribution >= 4 is 0 Å². The predicted molar refractivity (Wildman–Crippen MR) is 50.6 cm³/mol. The van der Waals surface area contributed by atoms with Crippen LogP contribution in [-0.4, -0.2) is 11.5 Å². The van der Waals surface area contributed by atoms with Crippen LogP contribution in [0.25, 0.3) is 0 Å². The molecule has 1 heterocycles. The number of H-pyrrole nitrogens is 1. The molecule has 0 unspecified atom stereocenters. The molecule has 0 aliphatic carbocycles. The summed E-state index contributed by atoms with van der Waals surface area (Å²) in [5.74, 6) is 5.87. The standard InChI is InChI=1S/C10H14N2/c1-2-3-4-7-11-9-10-6-5-8-12-10/h5-6,8,11-12H,4,7,9H2,1H3. The summed E-state index contributed by atoms with van der Waals surface area (Å²) in [4.78, 5) is 3.13. The summed E-state index contributed by atoms with van der Waals surface area (Å²) in [7, 11) is 0. The molecule has 0 saturated heterocycles. The topological polar surface area (TPSA) is 27.8 Å². The Hall–Kier alpha value is -1.20. The molecule has 0 amide bonds. The van der Waals surface area contributed by atoms with E-state index in [-0.39, 0.29) is 0 Å². The molecule has 0 bridgehead atoms. The summed E-state index contributed by atoms with van der Waals surface area (Å²) < 4.78 is 0. The maximum atomic E-state index is 3.29. The fraction of sp³-hybridized carbons (Fsp3) is 0.400. The van der Waals surface area contributed by atoms with Gasteiger partial charge in [-0.15, -0.1) is 11.8 Å². The quantitative estimate of drug-likeness (QED) is 0.510. The van der Waals surface area contributed by atoms with Crippen molar-refractivity contribution in [1.29, 1.82) is 0 Å². The third-order valence-corrected chi connectivity index (χ3v) is 1.58. The molecule has 1 rings (SSSR count). The van der Waals surface area contributed by atoms with Gasteiger partial charge in [0.15, 0.2) is 0 Å². The van der Waals surface area contributed by atoms with Crippen LogP contribution in [-0.2, 0) is 6.54 Å². The number of rotatable bonds is 4. The maximum Gasteiger partial charge on any atom is 0.0357 e. The van der Waals surface area contributed by atoms with Crippen LogP contribution in [0.1, 0.15) is 19.0 Å². The van der Waals surface area contributed by atoms with Crippen LogP contribution in [0.3, 0.4) is 0 Å². The molecule has 2 N–H and O–H groups in total. The lowest BCUT2D eigenvalue weighted by molar-refractivity contribution is 0.690. The van der Waals surface area contributed by atoms with Crippen molar-refractivity contribution in [2.75, 3.05) is 6.54 Å². The minimum Gasteiger partial charge on any atom is -0.364 e. The van der Waals surface area contributed by atoms with Gasteiger partial charge >= 0.3 is 0 Å². The van der Waals surface area contributed by atoms with Gasteiger partial charge in [0.2, 0.25) is 0 Å². The normalized spacial score (nSPS) is 9.08. The maximum absolute atomic E-state index is 3.29. The van der Waals surface area contributed by atoms with Gasteiger partial charge < -0.3 is 10.3 Å². The van der Waals surface area contributed by atoms with Crippen LogP contribution < -0.4 is 5.32 Å². The molecule has 0 aromatic carbocycles. The van der Waals surface area contributed by atoms with Crippen molar-refractivity contribution in [2.24, 2.45) is 0 Å². The Bertz CT molecular complexity index is 251. The molecule has 0 saturated carbocycles. The second kappa shape index (κ2) is 5.45. The van der Waals surface area contributed by atoms with E-state index in [1.807, 2.05) is 19.2 Å². The summed E-state index contributed by atoms with van der Waals surface area (Å²) >= 11 is 0. The Labute approximate surface area is 73.4 Å². The van der Waals surface area contributed by atoms with Crippen molar-refractivity contribution in [3.8, 4) is 11.8 Å². The first-order chi connectivity index (χ1) is 5.93. The molecule has 64 valence electrons. The monoisotopic (exact) mass is 162 g/mol. The highest BCUT2D eigenvalue weighted by atomic mass is 14.9. The third-order valence-electron chi connectivity index (χ3n) is 1.58. The lowest BCUT2D eigenvalue weighted by Gasteiger charge is -1.98. The van der Waals surface area contributed by atoms with E-state index in [9.17, 15) is 0 Å². The van der Waals surface area contributed by atoms with E-state index in [0.29, 0.717) is 0 Å². The van der Waals surface area contributed by atoms with Gasteiger partial charge in [-0.1, -0.05) is 0 Å². The second-order valence-corrected chi connectivity index (χ2v) is 2.55. The van der Waals surface area contributed by atoms with Gasteiger partial charge in [-0.25, -0.2) is 0 Å². The van der Waals surface area contributed by atoms with Crippen molar-refractivity contribution in [1.82, 2.24) is 10.3 Å². The Morgan fingerprint density at radius 2 is 2.50 bits per heavy atom. The summed E-state index contributed by atoms with van der Waals surface area (Å²) in [6.45, 7) is 3.73. The lowest BCUT2D eigenvalue weighted by Crippen LogP contribution is -2.14. The highest BCUT2D eigenvalue weighted by molar-refractivity contribution is 5.03. The summed E-state index contributed by atoms with van der Waals surface area (Å²) in [5, 5.41) is 3.29. The molecular weight excluding hydrogens is 148 g/mol. The SMILES string of the molecule is CC#CCCNCc1ccc[nH]1. The van der Waals surface area contributed by atoms with Crippen LogP contribution in [0, 0.1) is 11.8 Å². The van der Waals surface area contributed by atoms with Gasteiger partial charge in [-0.3, -0.25) is 0 Å². The largest absolute Gasteiger partial charge is 0.364 e. The van der Waals surface area contributed by atoms with E-state index in [1.165, 1.54) is 5.69 Å². The van der Waals surface area contributed by atoms with Gasteiger partial charge in [0, 0.05) is 31.4 Å². The van der Waals surface area contributed by atoms with Crippen LogP contribution in [0.15, 0.2) is 18.3 Å². The van der Waals surface area contributed by atoms with E-state index >= 15 is 0 Å². The molecule has 1 aromatic rings. The Kier molecular flexibility index (Phi) is 4.04. The van der Waals surface area contributed by atoms with Gasteiger partial charge in [0.1, 0.15) is 0 Å². The number of aromatic nitrogens is 1. The lowest BCUT2D eigenvalue weighted by atomic mass is 10.4. The Balaban J connectivity index is 2.06. The van der Waals surface area contributed by atoms with Gasteiger partial charge in [-0.2, -0.15) is 0 Å². The zero-order valence-electron chi connectivity index (χ0n) is 7.35. The zero-order chi connectivity index (χ0) is 8.65. The fourth-order valence-corrected chi connectivity index (χ4v) is 0.976. The molecule has 2 heteroatoms. The molecule has 0 spiro atoms. The van der Waals surface area contributed by atoms with Crippen molar-refractivity contribution in [3.05, 3.63) is 24.0 Å². The van der Waals surface area contributed by atoms with E-state index < -0.39 is 0 Å². The number of nitrogens with one attached hydrogen (secondary N) is 2. The van der Waals surface area contributed by atoms with E-state index in [2.05, 4.69) is 28.2 Å². The summed E-state index contributed by atoms with van der Waals surface area (Å²) in [6, 6.07) is 4.07. The zero-order valence-corrected chi connectivity index (χ0v) is 7.35. The average Bonchev–Trinajstić information content (AvgIpc) is 2.57. The van der Waals surface area contributed by atoms with Crippen molar-refractivity contribution in [3.63, 3.8) is 0 Å². The van der Waals surface area contributed by atoms with Crippen LogP contribution in [0.5, 0.6) is 0 Å². The number of hydrogen-bond acceptors (Lipinski definition) is 1. The molecule has 0 fully saturated rings. The highest BCUT2D eigenvalue weighted by Crippen LogP contribution is 1.92. The summed E-state index contributed by atoms with van der Waals surface area (Å²) in [6.07, 6.45) is 2.86. The molecule has 0 aliphatic heterocycles. The first-order valence-electron chi connectivity index (χ1n) is 4.16. The van der Waals surface area contributed by atoms with Crippen LogP contribution in [0.4, 0.5) is 0 Å². The third kappa shape index (κ3) is 3.27. The minimum atomic E-state index is 0.901. The molecule has 12 heavy (non-hydrogen) atoms. The molecule has 2 nitrogen and oxygen atoms in total. The Morgan fingerprint density at radius 3 is 3.17 bits per heavy atom. The first kappa shape index (κ1) is 8.89. The highest BCUT2D eigenvalue weighted by Gasteiger charge is 1.89. The Morgan fingerprint density at radius 1 is 1.58 bits per heavy atom. The van der Waals surface area contributed by atoms with Crippen LogP contribution >= 0.6 is 0 Å². The predicted octanol–water partition coefficient (Wildman–Crippen LogP) is 1.52. The van der Waals surface area contributed by atoms with E-state index in [4.69, 9.17) is 0 Å². The first-order valence-corrected chi connectivity index (χ1v) is 4.16. The second-order valence-electron chi connectivity index (χ2n) is 2.55. The van der Waals surface area contributed by atoms with Gasteiger partial charge in [0.25, 0.3) is 0 Å². The van der Waals surface area contributed by atoms with Crippen LogP contribution in [0.2, 0.25) is 0 Å². The van der Waals surface area contributed by atoms with E-state index in [0.717, 1.165) is 19.5 Å². The van der Waals surface area contributed by atoms with Gasteiger partial charge in [-0.05, 0) is 19.1 Å². The number of hydrogen-bond donors (Lipinski definition) is 2. The van der Waals surface area contributed by atoms with Crippen molar-refractivity contribution < 1.29 is 0 Å². The number of aromatic amines is 1. The average molecular weight is 162 g/mol.